The molecule has 106 valence electrons. The van der Waals surface area contributed by atoms with E-state index >= 15 is 0 Å². The van der Waals surface area contributed by atoms with E-state index < -0.39 is 0 Å². The van der Waals surface area contributed by atoms with Gasteiger partial charge in [0.05, 0.1) is 0 Å². The number of aryl methyl sites for hydroxylation is 1. The molecular formula is C19H25N. The van der Waals surface area contributed by atoms with Gasteiger partial charge in [-0.2, -0.15) is 0 Å². The van der Waals surface area contributed by atoms with E-state index in [0.717, 1.165) is 37.7 Å². The van der Waals surface area contributed by atoms with Gasteiger partial charge < -0.3 is 5.73 Å². The molecule has 0 radical (unpaired) electrons. The van der Waals surface area contributed by atoms with Crippen molar-refractivity contribution < 1.29 is 0 Å². The lowest BCUT2D eigenvalue weighted by Gasteiger charge is -2.19. The normalized spacial score (nSPS) is 20.1. The zero-order valence-corrected chi connectivity index (χ0v) is 12.3. The predicted octanol–water partition coefficient (Wildman–Crippen LogP) is 4.42. The molecule has 0 saturated heterocycles. The maximum atomic E-state index is 6.30. The van der Waals surface area contributed by atoms with Crippen LogP contribution in [0.3, 0.4) is 0 Å². The third-order valence-corrected chi connectivity index (χ3v) is 4.23. The molecule has 1 aromatic carbocycles. The Morgan fingerprint density at radius 1 is 1.25 bits per heavy atom. The lowest BCUT2D eigenvalue weighted by Crippen LogP contribution is -2.25. The predicted molar refractivity (Wildman–Crippen MR) is 87.5 cm³/mol. The van der Waals surface area contributed by atoms with Crippen LogP contribution in [-0.4, -0.2) is 6.04 Å². The Kier molecular flexibility index (Phi) is 4.97. The molecule has 0 spiro atoms. The lowest BCUT2D eigenvalue weighted by atomic mass is 9.90. The summed E-state index contributed by atoms with van der Waals surface area (Å²) < 4.78 is 0. The molecule has 2 rings (SSSR count). The standard InChI is InChI=1S/C19H25N/c1-14-11-16(3)18(12-14)13-19(20)15(2)9-10-17-7-5-4-6-8-17/h4-8,18-19H,1-3,9-13,20H2. The van der Waals surface area contributed by atoms with Crippen LogP contribution in [-0.2, 0) is 6.42 Å². The van der Waals surface area contributed by atoms with Crippen molar-refractivity contribution >= 4 is 0 Å². The molecule has 1 nitrogen and oxygen atoms in total. The average molecular weight is 267 g/mol. The van der Waals surface area contributed by atoms with E-state index in [1.807, 2.05) is 6.07 Å². The Bertz CT molecular complexity index is 498. The molecular weight excluding hydrogens is 242 g/mol. The number of benzene rings is 1. The molecule has 2 unspecified atom stereocenters. The zero-order chi connectivity index (χ0) is 14.5. The summed E-state index contributed by atoms with van der Waals surface area (Å²) in [7, 11) is 0. The quantitative estimate of drug-likeness (QED) is 0.759. The number of hydrogen-bond donors (Lipinski definition) is 1. The second kappa shape index (κ2) is 6.71. The molecule has 1 fully saturated rings. The zero-order valence-electron chi connectivity index (χ0n) is 12.3. The summed E-state index contributed by atoms with van der Waals surface area (Å²) in [6.07, 6.45) is 4.98. The summed E-state index contributed by atoms with van der Waals surface area (Å²) in [6, 6.07) is 10.6. The van der Waals surface area contributed by atoms with Gasteiger partial charge in [-0.3, -0.25) is 0 Å². The maximum absolute atomic E-state index is 6.30. The molecule has 1 aromatic rings. The molecule has 1 saturated carbocycles. The van der Waals surface area contributed by atoms with Gasteiger partial charge in [-0.05, 0) is 43.6 Å². The molecule has 0 aromatic heterocycles. The van der Waals surface area contributed by atoms with Crippen LogP contribution < -0.4 is 5.73 Å². The highest BCUT2D eigenvalue weighted by atomic mass is 14.6. The van der Waals surface area contributed by atoms with E-state index in [9.17, 15) is 0 Å². The molecule has 0 heterocycles. The molecule has 20 heavy (non-hydrogen) atoms. The lowest BCUT2D eigenvalue weighted by molar-refractivity contribution is 0.531. The number of hydrogen-bond acceptors (Lipinski definition) is 1. The van der Waals surface area contributed by atoms with Crippen LogP contribution in [0, 0.1) is 5.92 Å². The Labute approximate surface area is 122 Å². The highest BCUT2D eigenvalue weighted by molar-refractivity contribution is 5.24. The van der Waals surface area contributed by atoms with Crippen LogP contribution >= 0.6 is 0 Å². The van der Waals surface area contributed by atoms with Gasteiger partial charge in [-0.1, -0.05) is 66.8 Å². The minimum absolute atomic E-state index is 0.0753. The smallest absolute Gasteiger partial charge is 0.0256 e. The molecule has 2 atom stereocenters. The fraction of sp³-hybridized carbons (Fsp3) is 0.368. The van der Waals surface area contributed by atoms with Gasteiger partial charge in [0.2, 0.25) is 0 Å². The SMILES string of the molecule is C=C1CC(=C)C(CC(N)C(=C)CCc2ccccc2)C1. The van der Waals surface area contributed by atoms with Crippen molar-refractivity contribution in [1.82, 2.24) is 0 Å². The second-order valence-corrected chi connectivity index (χ2v) is 5.97. The maximum Gasteiger partial charge on any atom is 0.0256 e. The van der Waals surface area contributed by atoms with Crippen LogP contribution in [0.25, 0.3) is 0 Å². The van der Waals surface area contributed by atoms with Crippen molar-refractivity contribution in [2.75, 3.05) is 0 Å². The van der Waals surface area contributed by atoms with Gasteiger partial charge in [-0.15, -0.1) is 0 Å². The summed E-state index contributed by atoms with van der Waals surface area (Å²) in [5, 5.41) is 0. The van der Waals surface area contributed by atoms with Gasteiger partial charge in [0.15, 0.2) is 0 Å². The monoisotopic (exact) mass is 267 g/mol. The summed E-state index contributed by atoms with van der Waals surface area (Å²) in [5.74, 6) is 0.506. The summed E-state index contributed by atoms with van der Waals surface area (Å²) in [5.41, 5.74) is 11.4. The van der Waals surface area contributed by atoms with Crippen molar-refractivity contribution in [2.45, 2.75) is 38.1 Å². The van der Waals surface area contributed by atoms with Crippen molar-refractivity contribution in [3.05, 3.63) is 72.4 Å². The highest BCUT2D eigenvalue weighted by Crippen LogP contribution is 2.36. The third-order valence-electron chi connectivity index (χ3n) is 4.23. The van der Waals surface area contributed by atoms with Crippen LogP contribution in [0.4, 0.5) is 0 Å². The van der Waals surface area contributed by atoms with Crippen LogP contribution in [0.15, 0.2) is 66.8 Å². The molecule has 1 aliphatic carbocycles. The van der Waals surface area contributed by atoms with Crippen molar-refractivity contribution in [3.8, 4) is 0 Å². The first-order chi connectivity index (χ1) is 9.56. The molecule has 0 aliphatic heterocycles. The van der Waals surface area contributed by atoms with Crippen molar-refractivity contribution in [3.63, 3.8) is 0 Å². The van der Waals surface area contributed by atoms with Gasteiger partial charge in [-0.25, -0.2) is 0 Å². The van der Waals surface area contributed by atoms with Crippen LogP contribution in [0.5, 0.6) is 0 Å². The van der Waals surface area contributed by atoms with Crippen LogP contribution in [0.2, 0.25) is 0 Å². The molecule has 1 aliphatic rings. The minimum Gasteiger partial charge on any atom is -0.324 e. The third kappa shape index (κ3) is 3.94. The van der Waals surface area contributed by atoms with E-state index in [1.165, 1.54) is 16.7 Å². The number of rotatable bonds is 6. The van der Waals surface area contributed by atoms with Crippen molar-refractivity contribution in [2.24, 2.45) is 11.7 Å². The fourth-order valence-corrected chi connectivity index (χ4v) is 2.89. The Hall–Kier alpha value is -1.60. The van der Waals surface area contributed by atoms with Gasteiger partial charge in [0.1, 0.15) is 0 Å². The van der Waals surface area contributed by atoms with Crippen LogP contribution in [0.1, 0.15) is 31.2 Å². The first kappa shape index (κ1) is 14.8. The topological polar surface area (TPSA) is 26.0 Å². The largest absolute Gasteiger partial charge is 0.324 e. The Balaban J connectivity index is 1.80. The van der Waals surface area contributed by atoms with E-state index in [2.05, 4.69) is 44.0 Å². The molecule has 1 heteroatoms. The molecule has 0 bridgehead atoms. The second-order valence-electron chi connectivity index (χ2n) is 5.97. The number of allylic oxidation sites excluding steroid dienone is 2. The summed E-state index contributed by atoms with van der Waals surface area (Å²) in [4.78, 5) is 0. The van der Waals surface area contributed by atoms with Gasteiger partial charge in [0.25, 0.3) is 0 Å². The van der Waals surface area contributed by atoms with E-state index in [-0.39, 0.29) is 6.04 Å². The Morgan fingerprint density at radius 3 is 2.55 bits per heavy atom. The van der Waals surface area contributed by atoms with E-state index in [1.54, 1.807) is 0 Å². The van der Waals surface area contributed by atoms with E-state index in [4.69, 9.17) is 5.73 Å². The molecule has 0 amide bonds. The van der Waals surface area contributed by atoms with E-state index in [0.29, 0.717) is 5.92 Å². The summed E-state index contributed by atoms with van der Waals surface area (Å²) in [6.45, 7) is 12.4. The fourth-order valence-electron chi connectivity index (χ4n) is 2.89. The average Bonchev–Trinajstić information content (AvgIpc) is 2.75. The number of nitrogens with two attached hydrogens (primary N) is 1. The first-order valence-electron chi connectivity index (χ1n) is 7.37. The van der Waals surface area contributed by atoms with Gasteiger partial charge in [0, 0.05) is 6.04 Å². The van der Waals surface area contributed by atoms with Gasteiger partial charge >= 0.3 is 0 Å². The minimum atomic E-state index is 0.0753. The highest BCUT2D eigenvalue weighted by Gasteiger charge is 2.24. The molecule has 2 N–H and O–H groups in total. The first-order valence-corrected chi connectivity index (χ1v) is 7.37. The van der Waals surface area contributed by atoms with Crippen molar-refractivity contribution in [1.29, 1.82) is 0 Å². The Morgan fingerprint density at radius 2 is 1.95 bits per heavy atom. The summed E-state index contributed by atoms with van der Waals surface area (Å²) >= 11 is 0.